The fraction of sp³-hybridized carbons (Fsp3) is 0.467. The molecular formula is C15H20N2O4. The van der Waals surface area contributed by atoms with Crippen LogP contribution in [0.5, 0.6) is 11.5 Å². The monoisotopic (exact) mass is 292 g/mol. The summed E-state index contributed by atoms with van der Waals surface area (Å²) in [4.78, 5) is 14.2. The van der Waals surface area contributed by atoms with Crippen molar-refractivity contribution in [1.29, 1.82) is 5.26 Å². The van der Waals surface area contributed by atoms with Crippen LogP contribution in [-0.4, -0.2) is 51.8 Å². The maximum Gasteiger partial charge on any atom is 0.257 e. The SMILES string of the molecule is COCCN(CCC#N)C(=O)c1ccc(OC)cc1OC. The van der Waals surface area contributed by atoms with E-state index in [1.807, 2.05) is 6.07 Å². The Bertz CT molecular complexity index is 511. The van der Waals surface area contributed by atoms with Crippen molar-refractivity contribution >= 4 is 5.91 Å². The standard InChI is InChI=1S/C15H20N2O4/c1-19-10-9-17(8-4-7-16)15(18)13-6-5-12(20-2)11-14(13)21-3/h5-6,11H,4,8-10H2,1-3H3. The Labute approximate surface area is 124 Å². The van der Waals surface area contributed by atoms with Crippen molar-refractivity contribution in [3.8, 4) is 17.6 Å². The van der Waals surface area contributed by atoms with Crippen LogP contribution >= 0.6 is 0 Å². The summed E-state index contributed by atoms with van der Waals surface area (Å²) in [6, 6.07) is 7.06. The third-order valence-corrected chi connectivity index (χ3v) is 2.99. The number of hydrogen-bond donors (Lipinski definition) is 0. The minimum absolute atomic E-state index is 0.193. The highest BCUT2D eigenvalue weighted by molar-refractivity contribution is 5.97. The van der Waals surface area contributed by atoms with Crippen LogP contribution in [0.2, 0.25) is 0 Å². The van der Waals surface area contributed by atoms with Gasteiger partial charge in [0.1, 0.15) is 11.5 Å². The third-order valence-electron chi connectivity index (χ3n) is 2.99. The van der Waals surface area contributed by atoms with E-state index in [0.29, 0.717) is 36.8 Å². The van der Waals surface area contributed by atoms with Gasteiger partial charge in [-0.2, -0.15) is 5.26 Å². The molecule has 0 bridgehead atoms. The van der Waals surface area contributed by atoms with Crippen molar-refractivity contribution in [1.82, 2.24) is 4.90 Å². The van der Waals surface area contributed by atoms with Crippen molar-refractivity contribution in [2.24, 2.45) is 0 Å². The zero-order chi connectivity index (χ0) is 15.7. The number of hydrogen-bond acceptors (Lipinski definition) is 5. The van der Waals surface area contributed by atoms with Crippen LogP contribution in [-0.2, 0) is 4.74 Å². The van der Waals surface area contributed by atoms with E-state index >= 15 is 0 Å². The van der Waals surface area contributed by atoms with Gasteiger partial charge in [-0.3, -0.25) is 4.79 Å². The van der Waals surface area contributed by atoms with Gasteiger partial charge in [-0.15, -0.1) is 0 Å². The number of nitriles is 1. The molecular weight excluding hydrogens is 272 g/mol. The summed E-state index contributed by atoms with van der Waals surface area (Å²) in [5.74, 6) is 0.865. The molecule has 1 aromatic rings. The first-order valence-electron chi connectivity index (χ1n) is 6.55. The summed E-state index contributed by atoms with van der Waals surface area (Å²) >= 11 is 0. The first-order valence-corrected chi connectivity index (χ1v) is 6.55. The minimum Gasteiger partial charge on any atom is -0.497 e. The lowest BCUT2D eigenvalue weighted by atomic mass is 10.1. The van der Waals surface area contributed by atoms with Crippen molar-refractivity contribution in [2.45, 2.75) is 6.42 Å². The van der Waals surface area contributed by atoms with Crippen molar-refractivity contribution in [3.05, 3.63) is 23.8 Å². The second kappa shape index (κ2) is 8.82. The molecule has 0 aliphatic rings. The van der Waals surface area contributed by atoms with Crippen LogP contribution in [0, 0.1) is 11.3 Å². The maximum atomic E-state index is 12.6. The third kappa shape index (κ3) is 4.65. The second-order valence-corrected chi connectivity index (χ2v) is 4.26. The predicted molar refractivity (Wildman–Crippen MR) is 77.6 cm³/mol. The van der Waals surface area contributed by atoms with Crippen molar-refractivity contribution in [3.63, 3.8) is 0 Å². The molecule has 0 fully saturated rings. The Morgan fingerprint density at radius 3 is 2.57 bits per heavy atom. The average molecular weight is 292 g/mol. The highest BCUT2D eigenvalue weighted by Crippen LogP contribution is 2.25. The molecule has 0 atom stereocenters. The van der Waals surface area contributed by atoms with Crippen LogP contribution in [0.4, 0.5) is 0 Å². The fourth-order valence-electron chi connectivity index (χ4n) is 1.85. The largest absolute Gasteiger partial charge is 0.497 e. The highest BCUT2D eigenvalue weighted by atomic mass is 16.5. The van der Waals surface area contributed by atoms with Gasteiger partial charge in [-0.25, -0.2) is 0 Å². The number of carbonyl (C=O) groups excluding carboxylic acids is 1. The summed E-state index contributed by atoms with van der Waals surface area (Å²) in [6.07, 6.45) is 0.272. The lowest BCUT2D eigenvalue weighted by Crippen LogP contribution is -2.34. The topological polar surface area (TPSA) is 71.8 Å². The summed E-state index contributed by atoms with van der Waals surface area (Å²) < 4.78 is 15.4. The number of methoxy groups -OCH3 is 3. The van der Waals surface area contributed by atoms with E-state index < -0.39 is 0 Å². The summed E-state index contributed by atoms with van der Waals surface area (Å²) in [5, 5.41) is 8.70. The Hall–Kier alpha value is -2.26. The zero-order valence-electron chi connectivity index (χ0n) is 12.6. The molecule has 0 unspecified atom stereocenters. The number of ether oxygens (including phenoxy) is 3. The smallest absolute Gasteiger partial charge is 0.257 e. The van der Waals surface area contributed by atoms with E-state index in [4.69, 9.17) is 19.5 Å². The molecule has 6 heteroatoms. The number of amides is 1. The van der Waals surface area contributed by atoms with Gasteiger partial charge in [0.2, 0.25) is 0 Å². The summed E-state index contributed by atoms with van der Waals surface area (Å²) in [6.45, 7) is 1.19. The van der Waals surface area contributed by atoms with Gasteiger partial charge in [0, 0.05) is 26.3 Å². The van der Waals surface area contributed by atoms with Gasteiger partial charge in [0.05, 0.1) is 38.9 Å². The molecule has 114 valence electrons. The minimum atomic E-state index is -0.193. The van der Waals surface area contributed by atoms with Gasteiger partial charge in [0.15, 0.2) is 0 Å². The molecule has 0 spiro atoms. The molecule has 21 heavy (non-hydrogen) atoms. The Morgan fingerprint density at radius 2 is 2.00 bits per heavy atom. The predicted octanol–water partition coefficient (Wildman–Crippen LogP) is 1.71. The van der Waals surface area contributed by atoms with Gasteiger partial charge in [0.25, 0.3) is 5.91 Å². The zero-order valence-corrected chi connectivity index (χ0v) is 12.6. The summed E-state index contributed by atoms with van der Waals surface area (Å²) in [5.41, 5.74) is 0.437. The van der Waals surface area contributed by atoms with E-state index in [9.17, 15) is 4.79 Å². The van der Waals surface area contributed by atoms with E-state index in [-0.39, 0.29) is 12.3 Å². The van der Waals surface area contributed by atoms with E-state index in [0.717, 1.165) is 0 Å². The molecule has 1 amide bonds. The van der Waals surface area contributed by atoms with Crippen LogP contribution < -0.4 is 9.47 Å². The molecule has 0 saturated heterocycles. The van der Waals surface area contributed by atoms with Crippen LogP contribution in [0.1, 0.15) is 16.8 Å². The molecule has 0 aliphatic heterocycles. The van der Waals surface area contributed by atoms with E-state index in [2.05, 4.69) is 0 Å². The fourth-order valence-corrected chi connectivity index (χ4v) is 1.85. The molecule has 1 rings (SSSR count). The number of carbonyl (C=O) groups is 1. The van der Waals surface area contributed by atoms with Gasteiger partial charge < -0.3 is 19.1 Å². The molecule has 0 saturated carbocycles. The van der Waals surface area contributed by atoms with Gasteiger partial charge in [-0.1, -0.05) is 0 Å². The lowest BCUT2D eigenvalue weighted by molar-refractivity contribution is 0.0696. The van der Waals surface area contributed by atoms with Gasteiger partial charge >= 0.3 is 0 Å². The molecule has 1 aromatic carbocycles. The van der Waals surface area contributed by atoms with E-state index in [1.54, 1.807) is 37.3 Å². The number of benzene rings is 1. The normalized spacial score (nSPS) is 9.81. The molecule has 0 aliphatic carbocycles. The van der Waals surface area contributed by atoms with Crippen LogP contribution in [0.25, 0.3) is 0 Å². The Morgan fingerprint density at radius 1 is 1.24 bits per heavy atom. The molecule has 6 nitrogen and oxygen atoms in total. The number of nitrogens with zero attached hydrogens (tertiary/aromatic N) is 2. The molecule has 0 N–H and O–H groups in total. The van der Waals surface area contributed by atoms with Crippen LogP contribution in [0.3, 0.4) is 0 Å². The average Bonchev–Trinajstić information content (AvgIpc) is 2.53. The second-order valence-electron chi connectivity index (χ2n) is 4.26. The molecule has 0 radical (unpaired) electrons. The molecule has 0 aromatic heterocycles. The quantitative estimate of drug-likeness (QED) is 0.729. The Balaban J connectivity index is 2.98. The van der Waals surface area contributed by atoms with Crippen molar-refractivity contribution in [2.75, 3.05) is 41.0 Å². The lowest BCUT2D eigenvalue weighted by Gasteiger charge is -2.22. The molecule has 0 heterocycles. The van der Waals surface area contributed by atoms with Crippen molar-refractivity contribution < 1.29 is 19.0 Å². The Kier molecular flexibility index (Phi) is 7.05. The van der Waals surface area contributed by atoms with Crippen LogP contribution in [0.15, 0.2) is 18.2 Å². The maximum absolute atomic E-state index is 12.6. The summed E-state index contributed by atoms with van der Waals surface area (Å²) in [7, 11) is 4.62. The first-order chi connectivity index (χ1) is 10.2. The van der Waals surface area contributed by atoms with E-state index in [1.165, 1.54) is 7.11 Å². The number of rotatable bonds is 8. The van der Waals surface area contributed by atoms with Gasteiger partial charge in [-0.05, 0) is 12.1 Å². The first kappa shape index (κ1) is 16.8. The highest BCUT2D eigenvalue weighted by Gasteiger charge is 2.19.